The molecular weight excluding hydrogens is 316 g/mol. The van der Waals surface area contributed by atoms with Crippen molar-refractivity contribution in [3.63, 3.8) is 0 Å². The van der Waals surface area contributed by atoms with Gasteiger partial charge in [-0.3, -0.25) is 4.79 Å². The van der Waals surface area contributed by atoms with E-state index < -0.39 is 5.63 Å². The van der Waals surface area contributed by atoms with Crippen molar-refractivity contribution >= 4 is 39.4 Å². The summed E-state index contributed by atoms with van der Waals surface area (Å²) in [6.07, 6.45) is 1.20. The molecule has 0 saturated carbocycles. The van der Waals surface area contributed by atoms with E-state index in [0.717, 1.165) is 11.3 Å². The van der Waals surface area contributed by atoms with Gasteiger partial charge in [-0.25, -0.2) is 14.8 Å². The zero-order valence-corrected chi connectivity index (χ0v) is 13.2. The van der Waals surface area contributed by atoms with E-state index in [2.05, 4.69) is 9.98 Å². The van der Waals surface area contributed by atoms with Crippen molar-refractivity contribution in [3.05, 3.63) is 50.8 Å². The van der Waals surface area contributed by atoms with Gasteiger partial charge in [0.05, 0.1) is 16.0 Å². The molecule has 1 aromatic carbocycles. The molecule has 116 valence electrons. The lowest BCUT2D eigenvalue weighted by Gasteiger charge is -2.01. The van der Waals surface area contributed by atoms with E-state index in [9.17, 15) is 14.7 Å². The quantitative estimate of drug-likeness (QED) is 0.453. The fraction of sp³-hybridized carbons (Fsp3) is 0.125. The number of aliphatic imine (C=N–C) groups is 1. The molecule has 2 aromatic heterocycles. The Labute approximate surface area is 134 Å². The molecule has 0 aliphatic carbocycles. The van der Waals surface area contributed by atoms with Gasteiger partial charge in [0, 0.05) is 13.1 Å². The minimum Gasteiger partial charge on any atom is -0.506 e. The maximum Gasteiger partial charge on any atom is 0.348 e. The van der Waals surface area contributed by atoms with Crippen LogP contribution in [0.2, 0.25) is 0 Å². The lowest BCUT2D eigenvalue weighted by Crippen LogP contribution is -2.06. The van der Waals surface area contributed by atoms with Crippen LogP contribution >= 0.6 is 11.3 Å². The highest BCUT2D eigenvalue weighted by Crippen LogP contribution is 2.27. The molecule has 0 fully saturated rings. The first-order valence-electron chi connectivity index (χ1n) is 6.74. The SMILES string of the molecule is CC(=O)c1sc(/N=C/c2c(O)c3ccccc3oc2=O)nc1C. The van der Waals surface area contributed by atoms with Gasteiger partial charge in [-0.05, 0) is 19.1 Å². The van der Waals surface area contributed by atoms with Gasteiger partial charge in [-0.2, -0.15) is 0 Å². The third-order valence-corrected chi connectivity index (χ3v) is 4.40. The van der Waals surface area contributed by atoms with Gasteiger partial charge in [-0.15, -0.1) is 0 Å². The molecule has 0 bridgehead atoms. The maximum atomic E-state index is 12.0. The van der Waals surface area contributed by atoms with Crippen molar-refractivity contribution in [1.82, 2.24) is 4.98 Å². The van der Waals surface area contributed by atoms with Crippen molar-refractivity contribution < 1.29 is 14.3 Å². The number of Topliss-reactive ketones (excluding diaryl/α,β-unsaturated/α-hetero) is 1. The third kappa shape index (κ3) is 2.78. The van der Waals surface area contributed by atoms with Gasteiger partial charge in [0.2, 0.25) is 5.13 Å². The fourth-order valence-electron chi connectivity index (χ4n) is 2.15. The number of benzene rings is 1. The number of para-hydroxylation sites is 1. The summed E-state index contributed by atoms with van der Waals surface area (Å²) in [5, 5.41) is 11.0. The summed E-state index contributed by atoms with van der Waals surface area (Å²) >= 11 is 1.13. The summed E-state index contributed by atoms with van der Waals surface area (Å²) in [5.74, 6) is -0.282. The molecule has 7 heteroatoms. The molecule has 6 nitrogen and oxygen atoms in total. The lowest BCUT2D eigenvalue weighted by molar-refractivity contribution is 0.102. The highest BCUT2D eigenvalue weighted by molar-refractivity contribution is 7.17. The van der Waals surface area contributed by atoms with Gasteiger partial charge >= 0.3 is 5.63 Å². The number of aromatic hydroxyl groups is 1. The summed E-state index contributed by atoms with van der Waals surface area (Å²) < 4.78 is 5.15. The van der Waals surface area contributed by atoms with Crippen LogP contribution in [0.25, 0.3) is 11.0 Å². The second-order valence-corrected chi connectivity index (χ2v) is 5.85. The number of aryl methyl sites for hydroxylation is 1. The predicted molar refractivity (Wildman–Crippen MR) is 88.3 cm³/mol. The molecule has 3 rings (SSSR count). The molecule has 23 heavy (non-hydrogen) atoms. The van der Waals surface area contributed by atoms with E-state index in [1.165, 1.54) is 13.1 Å². The third-order valence-electron chi connectivity index (χ3n) is 3.23. The zero-order chi connectivity index (χ0) is 16.6. The van der Waals surface area contributed by atoms with Crippen molar-refractivity contribution in [2.75, 3.05) is 0 Å². The molecule has 0 unspecified atom stereocenters. The van der Waals surface area contributed by atoms with E-state index in [1.807, 2.05) is 0 Å². The van der Waals surface area contributed by atoms with Crippen LogP contribution in [0.15, 0.2) is 38.5 Å². The first kappa shape index (κ1) is 15.1. The van der Waals surface area contributed by atoms with Crippen molar-refractivity contribution in [3.8, 4) is 5.75 Å². The molecule has 0 amide bonds. The predicted octanol–water partition coefficient (Wildman–Crippen LogP) is 3.22. The average molecular weight is 328 g/mol. The number of carbonyl (C=O) groups excluding carboxylic acids is 1. The van der Waals surface area contributed by atoms with Crippen molar-refractivity contribution in [2.24, 2.45) is 4.99 Å². The largest absolute Gasteiger partial charge is 0.506 e. The Morgan fingerprint density at radius 3 is 2.83 bits per heavy atom. The Bertz CT molecular complexity index is 1000. The number of aromatic nitrogens is 1. The number of nitrogens with zero attached hydrogens (tertiary/aromatic N) is 2. The molecule has 0 spiro atoms. The van der Waals surface area contributed by atoms with Gasteiger partial charge < -0.3 is 9.52 Å². The molecule has 2 heterocycles. The van der Waals surface area contributed by atoms with E-state index in [0.29, 0.717) is 26.7 Å². The number of thiazole rings is 1. The molecule has 3 aromatic rings. The van der Waals surface area contributed by atoms with Crippen LogP contribution in [0.1, 0.15) is 27.9 Å². The molecular formula is C16H12N2O4S. The number of hydrogen-bond donors (Lipinski definition) is 1. The fourth-order valence-corrected chi connectivity index (χ4v) is 2.95. The van der Waals surface area contributed by atoms with Crippen LogP contribution in [0.5, 0.6) is 5.75 Å². The second kappa shape index (κ2) is 5.77. The van der Waals surface area contributed by atoms with Crippen molar-refractivity contribution in [2.45, 2.75) is 13.8 Å². The number of rotatable bonds is 3. The van der Waals surface area contributed by atoms with Crippen LogP contribution in [0.3, 0.4) is 0 Å². The van der Waals surface area contributed by atoms with Crippen LogP contribution in [0, 0.1) is 6.92 Å². The number of ketones is 1. The van der Waals surface area contributed by atoms with Gasteiger partial charge in [0.1, 0.15) is 16.9 Å². The molecule has 0 aliphatic rings. The molecule has 0 radical (unpaired) electrons. The van der Waals surface area contributed by atoms with Crippen LogP contribution in [-0.2, 0) is 0 Å². The second-order valence-electron chi connectivity index (χ2n) is 4.87. The maximum absolute atomic E-state index is 12.0. The average Bonchev–Trinajstić information content (AvgIpc) is 2.88. The first-order valence-corrected chi connectivity index (χ1v) is 7.56. The molecule has 0 aliphatic heterocycles. The summed E-state index contributed by atoms with van der Waals surface area (Å²) in [6.45, 7) is 3.17. The van der Waals surface area contributed by atoms with Crippen LogP contribution in [0.4, 0.5) is 5.13 Å². The Morgan fingerprint density at radius 2 is 2.13 bits per heavy atom. The van der Waals surface area contributed by atoms with E-state index in [-0.39, 0.29) is 17.1 Å². The highest BCUT2D eigenvalue weighted by Gasteiger charge is 2.13. The minimum atomic E-state index is -0.690. The Hall–Kier alpha value is -2.80. The molecule has 1 N–H and O–H groups in total. The van der Waals surface area contributed by atoms with E-state index in [4.69, 9.17) is 4.42 Å². The van der Waals surface area contributed by atoms with Gasteiger partial charge in [0.25, 0.3) is 0 Å². The Morgan fingerprint density at radius 1 is 1.39 bits per heavy atom. The number of fused-ring (bicyclic) bond motifs is 1. The Kier molecular flexibility index (Phi) is 3.79. The Balaban J connectivity index is 2.06. The summed E-state index contributed by atoms with van der Waals surface area (Å²) in [4.78, 5) is 32.1. The normalized spacial score (nSPS) is 11.4. The lowest BCUT2D eigenvalue weighted by atomic mass is 10.1. The summed E-state index contributed by atoms with van der Waals surface area (Å²) in [7, 11) is 0. The van der Waals surface area contributed by atoms with Crippen LogP contribution in [-0.4, -0.2) is 22.1 Å². The molecule has 0 saturated heterocycles. The van der Waals surface area contributed by atoms with E-state index in [1.54, 1.807) is 31.2 Å². The molecule has 0 atom stereocenters. The smallest absolute Gasteiger partial charge is 0.348 e. The monoisotopic (exact) mass is 328 g/mol. The van der Waals surface area contributed by atoms with Gasteiger partial charge in [0.15, 0.2) is 5.78 Å². The first-order chi connectivity index (χ1) is 11.0. The summed E-state index contributed by atoms with van der Waals surface area (Å²) in [6, 6.07) is 6.68. The standard InChI is InChI=1S/C16H12N2O4S/c1-8-14(9(2)19)23-16(18-8)17-7-11-13(20)10-5-3-4-6-12(10)22-15(11)21/h3-7,20H,1-2H3/b17-7+. The van der Waals surface area contributed by atoms with Crippen molar-refractivity contribution in [1.29, 1.82) is 0 Å². The highest BCUT2D eigenvalue weighted by atomic mass is 32.1. The van der Waals surface area contributed by atoms with Gasteiger partial charge in [-0.1, -0.05) is 23.5 Å². The zero-order valence-electron chi connectivity index (χ0n) is 12.4. The topological polar surface area (TPSA) is 92.8 Å². The minimum absolute atomic E-state index is 0.0547. The number of hydrogen-bond acceptors (Lipinski definition) is 7. The van der Waals surface area contributed by atoms with E-state index >= 15 is 0 Å². The summed E-state index contributed by atoms with van der Waals surface area (Å²) in [5.41, 5.74) is 0.145. The van der Waals surface area contributed by atoms with Crippen LogP contribution < -0.4 is 5.63 Å². The number of carbonyl (C=O) groups is 1.